The van der Waals surface area contributed by atoms with Gasteiger partial charge in [-0.3, -0.25) is 19.3 Å². The van der Waals surface area contributed by atoms with E-state index in [0.717, 1.165) is 5.56 Å². The molecule has 2 aliphatic rings. The lowest BCUT2D eigenvalue weighted by Gasteiger charge is -2.35. The van der Waals surface area contributed by atoms with Crippen molar-refractivity contribution >= 4 is 23.7 Å². The lowest BCUT2D eigenvalue weighted by molar-refractivity contribution is -0.137. The largest absolute Gasteiger partial charge is 0.493 e. The fourth-order valence-electron chi connectivity index (χ4n) is 6.10. The topological polar surface area (TPSA) is 160 Å². The zero-order valence-electron chi connectivity index (χ0n) is 29.2. The van der Waals surface area contributed by atoms with Gasteiger partial charge in [-0.05, 0) is 30.2 Å². The molecular formula is C36H44N10O5. The summed E-state index contributed by atoms with van der Waals surface area (Å²) in [5.74, 6) is 1.69. The maximum absolute atomic E-state index is 13.8. The van der Waals surface area contributed by atoms with E-state index < -0.39 is 6.04 Å². The van der Waals surface area contributed by atoms with Crippen LogP contribution in [0.15, 0.2) is 67.0 Å². The highest BCUT2D eigenvalue weighted by atomic mass is 16.5. The summed E-state index contributed by atoms with van der Waals surface area (Å²) in [6.45, 7) is 7.33. The number of ether oxygens (including phenoxy) is 2. The number of methoxy groups -OCH3 is 1. The number of anilines is 1. The summed E-state index contributed by atoms with van der Waals surface area (Å²) >= 11 is 0. The van der Waals surface area contributed by atoms with E-state index in [1.807, 2.05) is 44.2 Å². The Morgan fingerprint density at radius 2 is 1.73 bits per heavy atom. The Bertz CT molecular complexity index is 1790. The van der Waals surface area contributed by atoms with Crippen LogP contribution in [0.2, 0.25) is 0 Å². The van der Waals surface area contributed by atoms with Crippen LogP contribution in [-0.2, 0) is 16.1 Å². The van der Waals surface area contributed by atoms with Crippen LogP contribution in [-0.4, -0.2) is 118 Å². The first-order valence-corrected chi connectivity index (χ1v) is 17.2. The number of hydrogen-bond donors (Lipinski definition) is 2. The summed E-state index contributed by atoms with van der Waals surface area (Å²) in [7, 11) is 1.54. The molecule has 2 bridgehead atoms. The van der Waals surface area contributed by atoms with Crippen molar-refractivity contribution in [2.75, 3.05) is 71.0 Å². The first-order chi connectivity index (χ1) is 24.8. The molecule has 6 rings (SSSR count). The zero-order valence-corrected chi connectivity index (χ0v) is 29.2. The van der Waals surface area contributed by atoms with Gasteiger partial charge in [0.05, 0.1) is 32.8 Å². The highest BCUT2D eigenvalue weighted by Crippen LogP contribution is 2.29. The number of rotatable bonds is 6. The Hall–Kier alpha value is -5.57. The maximum Gasteiger partial charge on any atom is 0.251 e. The van der Waals surface area contributed by atoms with Gasteiger partial charge < -0.3 is 29.9 Å². The Morgan fingerprint density at radius 3 is 2.45 bits per heavy atom. The number of carbonyl (C=O) groups excluding carboxylic acids is 3. The van der Waals surface area contributed by atoms with Gasteiger partial charge in [-0.1, -0.05) is 44.2 Å². The van der Waals surface area contributed by atoms with E-state index in [4.69, 9.17) is 19.6 Å². The van der Waals surface area contributed by atoms with Crippen molar-refractivity contribution in [3.8, 4) is 22.9 Å². The Morgan fingerprint density at radius 1 is 0.961 bits per heavy atom. The standard InChI is InChI=1S/C36H44N10O5/c1-25(2)32-34-41-33(26-8-5-4-6-9-26)42-46(34)20-21-51-29-22-27(10-11-28(29)50-3)35(49)37-14-15-45(23-30(47)40-32)31(48)24-43-16-18-44(19-17-43)36-38-12-7-13-39-36/h4-13,22,25,32H,14-21,23-24H2,1-3H3,(H,37,49)(H,40,47)/t32-/m1/s1. The number of hydrogen-bond acceptors (Lipinski definition) is 11. The Kier molecular flexibility index (Phi) is 11.4. The molecule has 0 saturated carbocycles. The van der Waals surface area contributed by atoms with Crippen molar-refractivity contribution in [1.29, 1.82) is 0 Å². The van der Waals surface area contributed by atoms with Crippen molar-refractivity contribution in [3.63, 3.8) is 0 Å². The third-order valence-corrected chi connectivity index (χ3v) is 8.90. The molecule has 268 valence electrons. The molecule has 2 aromatic heterocycles. The molecule has 51 heavy (non-hydrogen) atoms. The molecule has 2 aromatic carbocycles. The highest BCUT2D eigenvalue weighted by Gasteiger charge is 2.29. The molecule has 2 N–H and O–H groups in total. The lowest BCUT2D eigenvalue weighted by Crippen LogP contribution is -2.52. The predicted molar refractivity (Wildman–Crippen MR) is 189 cm³/mol. The van der Waals surface area contributed by atoms with Crippen LogP contribution < -0.4 is 25.0 Å². The molecule has 1 atom stereocenters. The monoisotopic (exact) mass is 696 g/mol. The normalized spacial score (nSPS) is 17.9. The van der Waals surface area contributed by atoms with Gasteiger partial charge in [0.25, 0.3) is 5.91 Å². The highest BCUT2D eigenvalue weighted by molar-refractivity contribution is 5.95. The van der Waals surface area contributed by atoms with E-state index in [-0.39, 0.29) is 56.4 Å². The molecule has 0 unspecified atom stereocenters. The minimum absolute atomic E-state index is 0.0615. The van der Waals surface area contributed by atoms with Crippen LogP contribution in [0.5, 0.6) is 11.5 Å². The molecule has 15 heteroatoms. The second-order valence-corrected chi connectivity index (χ2v) is 12.8. The molecule has 4 heterocycles. The second-order valence-electron chi connectivity index (χ2n) is 12.8. The van der Waals surface area contributed by atoms with Gasteiger partial charge in [-0.25, -0.2) is 19.6 Å². The average Bonchev–Trinajstić information content (AvgIpc) is 3.57. The molecule has 4 aromatic rings. The molecule has 1 saturated heterocycles. The zero-order chi connectivity index (χ0) is 35.7. The van der Waals surface area contributed by atoms with E-state index >= 15 is 0 Å². The van der Waals surface area contributed by atoms with E-state index in [9.17, 15) is 14.4 Å². The summed E-state index contributed by atoms with van der Waals surface area (Å²) < 4.78 is 13.4. The summed E-state index contributed by atoms with van der Waals surface area (Å²) in [4.78, 5) is 60.0. The van der Waals surface area contributed by atoms with Gasteiger partial charge in [0.1, 0.15) is 6.61 Å². The fraction of sp³-hybridized carbons (Fsp3) is 0.417. The van der Waals surface area contributed by atoms with Gasteiger partial charge in [0.2, 0.25) is 17.8 Å². The molecule has 1 fully saturated rings. The molecular weight excluding hydrogens is 652 g/mol. The molecule has 3 amide bonds. The van der Waals surface area contributed by atoms with E-state index in [2.05, 4.69) is 30.4 Å². The van der Waals surface area contributed by atoms with Crippen LogP contribution in [0, 0.1) is 5.92 Å². The van der Waals surface area contributed by atoms with Crippen LogP contribution >= 0.6 is 0 Å². The van der Waals surface area contributed by atoms with Crippen LogP contribution in [0.1, 0.15) is 36.1 Å². The molecule has 2 aliphatic heterocycles. The predicted octanol–water partition coefficient (Wildman–Crippen LogP) is 2.03. The number of aromatic nitrogens is 5. The number of nitrogens with one attached hydrogen (secondary N) is 2. The van der Waals surface area contributed by atoms with Gasteiger partial charge in [0.15, 0.2) is 23.1 Å². The van der Waals surface area contributed by atoms with Crippen molar-refractivity contribution in [3.05, 3.63) is 78.4 Å². The van der Waals surface area contributed by atoms with Crippen molar-refractivity contribution < 1.29 is 23.9 Å². The maximum atomic E-state index is 13.8. The summed E-state index contributed by atoms with van der Waals surface area (Å²) in [6, 6.07) is 15.9. The quantitative estimate of drug-likeness (QED) is 0.304. The Labute approximate surface area is 297 Å². The van der Waals surface area contributed by atoms with Gasteiger partial charge in [-0.2, -0.15) is 5.10 Å². The summed E-state index contributed by atoms with van der Waals surface area (Å²) in [5.41, 5.74) is 1.21. The van der Waals surface area contributed by atoms with Gasteiger partial charge in [0, 0.05) is 62.8 Å². The third-order valence-electron chi connectivity index (χ3n) is 8.90. The number of fused-ring (bicyclic) bond motifs is 3. The smallest absolute Gasteiger partial charge is 0.251 e. The van der Waals surface area contributed by atoms with Crippen LogP contribution in [0.25, 0.3) is 11.4 Å². The molecule has 0 aliphatic carbocycles. The number of benzene rings is 2. The van der Waals surface area contributed by atoms with Gasteiger partial charge >= 0.3 is 0 Å². The second kappa shape index (κ2) is 16.4. The van der Waals surface area contributed by atoms with Crippen molar-refractivity contribution in [1.82, 2.24) is 45.2 Å². The SMILES string of the molecule is COc1ccc2cc1OCCn1nc(-c3ccccc3)nc1[C@@H](C(C)C)NC(=O)CN(C(=O)CN1CCN(c3ncccn3)CC1)CCNC2=O. The van der Waals surface area contributed by atoms with E-state index in [1.165, 1.54) is 12.0 Å². The first kappa shape index (κ1) is 35.3. The minimum atomic E-state index is -0.513. The van der Waals surface area contributed by atoms with E-state index in [0.29, 0.717) is 67.4 Å². The van der Waals surface area contributed by atoms with Crippen LogP contribution in [0.3, 0.4) is 0 Å². The third kappa shape index (κ3) is 8.78. The summed E-state index contributed by atoms with van der Waals surface area (Å²) in [5, 5.41) is 10.8. The fourth-order valence-corrected chi connectivity index (χ4v) is 6.10. The van der Waals surface area contributed by atoms with Gasteiger partial charge in [-0.15, -0.1) is 0 Å². The number of piperazine rings is 1. The number of nitrogens with zero attached hydrogens (tertiary/aromatic N) is 8. The van der Waals surface area contributed by atoms with E-state index in [1.54, 1.807) is 41.3 Å². The summed E-state index contributed by atoms with van der Waals surface area (Å²) in [6.07, 6.45) is 3.43. The van der Waals surface area contributed by atoms with Crippen molar-refractivity contribution in [2.24, 2.45) is 5.92 Å². The Balaban J connectivity index is 1.25. The first-order valence-electron chi connectivity index (χ1n) is 17.2. The lowest BCUT2D eigenvalue weighted by atomic mass is 10.0. The molecule has 15 nitrogen and oxygen atoms in total. The average molecular weight is 697 g/mol. The van der Waals surface area contributed by atoms with Crippen molar-refractivity contribution in [2.45, 2.75) is 26.4 Å². The molecule has 0 spiro atoms. The van der Waals surface area contributed by atoms with Crippen LogP contribution in [0.4, 0.5) is 5.95 Å². The molecule has 0 radical (unpaired) electrons. The number of carbonyl (C=O) groups is 3. The minimum Gasteiger partial charge on any atom is -0.493 e. The number of amides is 3.